The Hall–Kier alpha value is -1.39. The lowest BCUT2D eigenvalue weighted by Gasteiger charge is -2.17. The van der Waals surface area contributed by atoms with Gasteiger partial charge in [-0.05, 0) is 12.3 Å². The molecule has 1 unspecified atom stereocenters. The first-order valence-corrected chi connectivity index (χ1v) is 5.80. The average Bonchev–Trinajstić information content (AvgIpc) is 2.87. The van der Waals surface area contributed by atoms with E-state index in [-0.39, 0.29) is 11.9 Å². The molecule has 1 aromatic heterocycles. The number of likely N-dealkylation sites (tertiary alicyclic amines) is 1. The van der Waals surface area contributed by atoms with Crippen molar-refractivity contribution in [3.8, 4) is 0 Å². The molecule has 1 amide bonds. The Bertz CT molecular complexity index is 347. The fourth-order valence-electron chi connectivity index (χ4n) is 2.05. The van der Waals surface area contributed by atoms with Crippen molar-refractivity contribution in [1.29, 1.82) is 0 Å². The summed E-state index contributed by atoms with van der Waals surface area (Å²) in [5.41, 5.74) is 0. The average molecular weight is 222 g/mol. The molecule has 0 N–H and O–H groups in total. The summed E-state index contributed by atoms with van der Waals surface area (Å²) < 4.78 is 0. The van der Waals surface area contributed by atoms with Crippen LogP contribution in [0.2, 0.25) is 0 Å². The van der Waals surface area contributed by atoms with E-state index in [2.05, 4.69) is 24.0 Å². The Labute approximate surface area is 95.4 Å². The monoisotopic (exact) mass is 222 g/mol. The third kappa shape index (κ3) is 2.40. The highest BCUT2D eigenvalue weighted by atomic mass is 16.2. The molecule has 0 spiro atoms. The number of rotatable bonds is 3. The molecular formula is C11H18N4O. The van der Waals surface area contributed by atoms with Gasteiger partial charge in [0.1, 0.15) is 0 Å². The van der Waals surface area contributed by atoms with Crippen molar-refractivity contribution in [3.63, 3.8) is 0 Å². The lowest BCUT2D eigenvalue weighted by Crippen LogP contribution is -2.30. The molecule has 0 aliphatic carbocycles. The molecule has 0 aromatic carbocycles. The van der Waals surface area contributed by atoms with Gasteiger partial charge in [0.25, 0.3) is 0 Å². The van der Waals surface area contributed by atoms with Gasteiger partial charge in [0.05, 0.1) is 18.4 Å². The molecule has 1 aliphatic rings. The van der Waals surface area contributed by atoms with E-state index >= 15 is 0 Å². The van der Waals surface area contributed by atoms with E-state index in [0.717, 1.165) is 19.5 Å². The highest BCUT2D eigenvalue weighted by Crippen LogP contribution is 2.21. The van der Waals surface area contributed by atoms with Gasteiger partial charge < -0.3 is 4.90 Å². The van der Waals surface area contributed by atoms with Gasteiger partial charge in [0.15, 0.2) is 0 Å². The van der Waals surface area contributed by atoms with Crippen LogP contribution in [0, 0.1) is 5.92 Å². The topological polar surface area (TPSA) is 51.0 Å². The lowest BCUT2D eigenvalue weighted by atomic mass is 10.1. The number of carbonyl (C=O) groups is 1. The van der Waals surface area contributed by atoms with E-state index < -0.39 is 0 Å². The van der Waals surface area contributed by atoms with Crippen LogP contribution in [-0.4, -0.2) is 38.9 Å². The molecule has 2 rings (SSSR count). The van der Waals surface area contributed by atoms with Crippen LogP contribution in [-0.2, 0) is 4.79 Å². The summed E-state index contributed by atoms with van der Waals surface area (Å²) in [6.07, 6.45) is 4.95. The van der Waals surface area contributed by atoms with Crippen LogP contribution in [0.5, 0.6) is 0 Å². The molecule has 16 heavy (non-hydrogen) atoms. The van der Waals surface area contributed by atoms with Crippen molar-refractivity contribution in [2.24, 2.45) is 5.92 Å². The van der Waals surface area contributed by atoms with E-state index in [9.17, 15) is 4.79 Å². The molecule has 5 nitrogen and oxygen atoms in total. The van der Waals surface area contributed by atoms with Crippen LogP contribution < -0.4 is 0 Å². The third-order valence-electron chi connectivity index (χ3n) is 2.86. The second kappa shape index (κ2) is 4.63. The van der Waals surface area contributed by atoms with Crippen molar-refractivity contribution >= 4 is 5.91 Å². The molecule has 1 aliphatic heterocycles. The van der Waals surface area contributed by atoms with Crippen molar-refractivity contribution in [3.05, 3.63) is 12.4 Å². The molecule has 2 heterocycles. The maximum absolute atomic E-state index is 11.8. The summed E-state index contributed by atoms with van der Waals surface area (Å²) in [5, 5.41) is 8.24. The summed E-state index contributed by atoms with van der Waals surface area (Å²) in [7, 11) is 0. The Morgan fingerprint density at radius 3 is 2.75 bits per heavy atom. The third-order valence-corrected chi connectivity index (χ3v) is 2.86. The highest BCUT2D eigenvalue weighted by molar-refractivity contribution is 5.76. The summed E-state index contributed by atoms with van der Waals surface area (Å²) >= 11 is 0. The summed E-state index contributed by atoms with van der Waals surface area (Å²) in [5.74, 6) is 0.680. The number of hydrogen-bond donors (Lipinski definition) is 0. The largest absolute Gasteiger partial charge is 0.340 e. The second-order valence-electron chi connectivity index (χ2n) is 4.73. The second-order valence-corrected chi connectivity index (χ2v) is 4.73. The number of aromatic nitrogens is 3. The fourth-order valence-corrected chi connectivity index (χ4v) is 2.05. The highest BCUT2D eigenvalue weighted by Gasteiger charge is 2.28. The van der Waals surface area contributed by atoms with Crippen LogP contribution in [0.15, 0.2) is 12.4 Å². The molecule has 1 saturated heterocycles. The Morgan fingerprint density at radius 2 is 2.12 bits per heavy atom. The number of nitrogens with zero attached hydrogens (tertiary/aromatic N) is 4. The summed E-state index contributed by atoms with van der Waals surface area (Å²) in [6, 6.07) is 0.256. The van der Waals surface area contributed by atoms with Crippen LogP contribution in [0.1, 0.15) is 32.7 Å². The minimum Gasteiger partial charge on any atom is -0.340 e. The van der Waals surface area contributed by atoms with E-state index in [4.69, 9.17) is 0 Å². The number of hydrogen-bond acceptors (Lipinski definition) is 3. The zero-order chi connectivity index (χ0) is 11.5. The first-order chi connectivity index (χ1) is 7.66. The van der Waals surface area contributed by atoms with E-state index in [1.165, 1.54) is 0 Å². The first kappa shape index (κ1) is 11.1. The quantitative estimate of drug-likeness (QED) is 0.769. The SMILES string of the molecule is CC(C)CC(=O)N1CCC(n2nccn2)C1. The molecule has 0 saturated carbocycles. The Balaban J connectivity index is 1.91. The molecular weight excluding hydrogens is 204 g/mol. The molecule has 5 heteroatoms. The number of amides is 1. The van der Waals surface area contributed by atoms with Crippen molar-refractivity contribution in [2.75, 3.05) is 13.1 Å². The summed E-state index contributed by atoms with van der Waals surface area (Å²) in [6.45, 7) is 5.72. The molecule has 1 atom stereocenters. The van der Waals surface area contributed by atoms with Gasteiger partial charge in [-0.15, -0.1) is 0 Å². The standard InChI is InChI=1S/C11H18N4O/c1-9(2)7-11(16)14-6-3-10(8-14)15-12-4-5-13-15/h4-5,9-10H,3,6-8H2,1-2H3. The van der Waals surface area contributed by atoms with Gasteiger partial charge in [-0.1, -0.05) is 13.8 Å². The van der Waals surface area contributed by atoms with E-state index in [0.29, 0.717) is 12.3 Å². The Morgan fingerprint density at radius 1 is 1.44 bits per heavy atom. The molecule has 0 bridgehead atoms. The predicted molar refractivity (Wildman–Crippen MR) is 59.7 cm³/mol. The molecule has 88 valence electrons. The van der Waals surface area contributed by atoms with E-state index in [1.807, 2.05) is 4.90 Å². The summed E-state index contributed by atoms with van der Waals surface area (Å²) in [4.78, 5) is 15.5. The molecule has 0 radical (unpaired) electrons. The minimum atomic E-state index is 0.254. The van der Waals surface area contributed by atoms with Gasteiger partial charge in [-0.25, -0.2) is 0 Å². The van der Waals surface area contributed by atoms with Crippen LogP contribution in [0.3, 0.4) is 0 Å². The van der Waals surface area contributed by atoms with Crippen LogP contribution in [0.25, 0.3) is 0 Å². The minimum absolute atomic E-state index is 0.254. The van der Waals surface area contributed by atoms with Crippen LogP contribution >= 0.6 is 0 Å². The van der Waals surface area contributed by atoms with Gasteiger partial charge >= 0.3 is 0 Å². The van der Waals surface area contributed by atoms with Gasteiger partial charge in [0.2, 0.25) is 5.91 Å². The maximum Gasteiger partial charge on any atom is 0.222 e. The zero-order valence-electron chi connectivity index (χ0n) is 9.83. The predicted octanol–water partition coefficient (Wildman–Crippen LogP) is 1.10. The molecule has 1 aromatic rings. The maximum atomic E-state index is 11.8. The van der Waals surface area contributed by atoms with E-state index in [1.54, 1.807) is 17.2 Å². The van der Waals surface area contributed by atoms with Gasteiger partial charge in [0, 0.05) is 19.5 Å². The van der Waals surface area contributed by atoms with Crippen molar-refractivity contribution in [1.82, 2.24) is 19.9 Å². The first-order valence-electron chi connectivity index (χ1n) is 5.80. The smallest absolute Gasteiger partial charge is 0.222 e. The van der Waals surface area contributed by atoms with Crippen molar-refractivity contribution < 1.29 is 4.79 Å². The van der Waals surface area contributed by atoms with Crippen LogP contribution in [0.4, 0.5) is 0 Å². The number of carbonyl (C=O) groups excluding carboxylic acids is 1. The van der Waals surface area contributed by atoms with Gasteiger partial charge in [-0.3, -0.25) is 4.79 Å². The van der Waals surface area contributed by atoms with Crippen molar-refractivity contribution in [2.45, 2.75) is 32.7 Å². The lowest BCUT2D eigenvalue weighted by molar-refractivity contribution is -0.131. The Kier molecular flexibility index (Phi) is 3.22. The molecule has 1 fully saturated rings. The zero-order valence-corrected chi connectivity index (χ0v) is 9.83. The normalized spacial score (nSPS) is 20.7. The fraction of sp³-hybridized carbons (Fsp3) is 0.727. The van der Waals surface area contributed by atoms with Gasteiger partial charge in [-0.2, -0.15) is 15.0 Å².